The quantitative estimate of drug-likeness (QED) is 0.654. The Labute approximate surface area is 131 Å². The van der Waals surface area contributed by atoms with Gasteiger partial charge in [0.05, 0.1) is 4.92 Å². The standard InChI is InChI=1S/C14H18F3N3O3/c1-13(18-10-4-2-3-5-11(10)20(22)23)6-8-19(9-7-13)12(21)14(15,16)17/h2-5,12,18,21H,6-9H2,1H3. The summed E-state index contributed by atoms with van der Waals surface area (Å²) in [6.07, 6.45) is -6.50. The zero-order chi connectivity index (χ0) is 17.3. The number of hydrogen-bond donors (Lipinski definition) is 2. The smallest absolute Gasteiger partial charge is 0.374 e. The summed E-state index contributed by atoms with van der Waals surface area (Å²) in [6, 6.07) is 6.14. The van der Waals surface area contributed by atoms with Crippen LogP contribution in [0.15, 0.2) is 24.3 Å². The lowest BCUT2D eigenvalue weighted by atomic mass is 9.89. The van der Waals surface area contributed by atoms with Gasteiger partial charge < -0.3 is 10.4 Å². The highest BCUT2D eigenvalue weighted by atomic mass is 19.4. The molecule has 1 aromatic rings. The topological polar surface area (TPSA) is 78.6 Å². The van der Waals surface area contributed by atoms with Crippen LogP contribution in [0.2, 0.25) is 0 Å². The minimum atomic E-state index is -4.68. The van der Waals surface area contributed by atoms with Crippen LogP contribution in [-0.2, 0) is 0 Å². The SMILES string of the molecule is CC1(Nc2ccccc2[N+](=O)[O-])CCN(C(O)C(F)(F)F)CC1. The van der Waals surface area contributed by atoms with Crippen LogP contribution in [0.4, 0.5) is 24.5 Å². The summed E-state index contributed by atoms with van der Waals surface area (Å²) in [6.45, 7) is 1.90. The first-order valence-electron chi connectivity index (χ1n) is 7.13. The number of anilines is 1. The average Bonchev–Trinajstić information content (AvgIpc) is 2.46. The van der Waals surface area contributed by atoms with Crippen molar-refractivity contribution in [3.63, 3.8) is 0 Å². The molecule has 1 aliphatic heterocycles. The molecule has 0 saturated carbocycles. The maximum Gasteiger partial charge on any atom is 0.428 e. The number of aliphatic hydroxyl groups is 1. The molecule has 1 fully saturated rings. The molecule has 1 heterocycles. The number of piperidine rings is 1. The molecular formula is C14H18F3N3O3. The van der Waals surface area contributed by atoms with E-state index < -0.39 is 22.9 Å². The van der Waals surface area contributed by atoms with Gasteiger partial charge in [-0.25, -0.2) is 0 Å². The molecule has 0 aliphatic carbocycles. The lowest BCUT2D eigenvalue weighted by molar-refractivity contribution is -0.384. The molecule has 6 nitrogen and oxygen atoms in total. The van der Waals surface area contributed by atoms with Gasteiger partial charge in [-0.15, -0.1) is 0 Å². The third-order valence-corrected chi connectivity index (χ3v) is 4.08. The first-order chi connectivity index (χ1) is 10.6. The predicted molar refractivity (Wildman–Crippen MR) is 78.0 cm³/mol. The van der Waals surface area contributed by atoms with E-state index in [9.17, 15) is 28.4 Å². The maximum atomic E-state index is 12.5. The maximum absolute atomic E-state index is 12.5. The number of nitro benzene ring substituents is 1. The Morgan fingerprint density at radius 3 is 2.43 bits per heavy atom. The number of para-hydroxylation sites is 2. The highest BCUT2D eigenvalue weighted by Gasteiger charge is 2.45. The molecule has 1 unspecified atom stereocenters. The van der Waals surface area contributed by atoms with Crippen LogP contribution in [-0.4, -0.2) is 46.0 Å². The number of hydrogen-bond acceptors (Lipinski definition) is 5. The molecule has 2 N–H and O–H groups in total. The molecule has 23 heavy (non-hydrogen) atoms. The Bertz CT molecular complexity index is 572. The lowest BCUT2D eigenvalue weighted by Crippen LogP contribution is -2.54. The Morgan fingerprint density at radius 2 is 1.91 bits per heavy atom. The number of benzene rings is 1. The number of likely N-dealkylation sites (tertiary alicyclic amines) is 1. The highest BCUT2D eigenvalue weighted by molar-refractivity contribution is 5.62. The van der Waals surface area contributed by atoms with E-state index in [2.05, 4.69) is 5.32 Å². The summed E-state index contributed by atoms with van der Waals surface area (Å²) in [4.78, 5) is 11.5. The van der Waals surface area contributed by atoms with Crippen LogP contribution >= 0.6 is 0 Å². The van der Waals surface area contributed by atoms with E-state index in [-0.39, 0.29) is 18.8 Å². The monoisotopic (exact) mass is 333 g/mol. The van der Waals surface area contributed by atoms with Crippen molar-refractivity contribution in [2.45, 2.75) is 37.7 Å². The number of rotatable bonds is 4. The fraction of sp³-hybridized carbons (Fsp3) is 0.571. The van der Waals surface area contributed by atoms with Crippen molar-refractivity contribution >= 4 is 11.4 Å². The molecule has 0 bridgehead atoms. The van der Waals surface area contributed by atoms with Gasteiger partial charge in [-0.05, 0) is 25.8 Å². The van der Waals surface area contributed by atoms with Crippen LogP contribution in [0.3, 0.4) is 0 Å². The average molecular weight is 333 g/mol. The van der Waals surface area contributed by atoms with Crippen molar-refractivity contribution < 1.29 is 23.2 Å². The predicted octanol–water partition coefficient (Wildman–Crippen LogP) is 2.74. The fourth-order valence-corrected chi connectivity index (χ4v) is 2.66. The number of halogens is 3. The zero-order valence-corrected chi connectivity index (χ0v) is 12.5. The second kappa shape index (κ2) is 6.32. The van der Waals surface area contributed by atoms with Crippen molar-refractivity contribution in [2.24, 2.45) is 0 Å². The number of nitro groups is 1. The molecular weight excluding hydrogens is 315 g/mol. The van der Waals surface area contributed by atoms with Crippen molar-refractivity contribution in [3.05, 3.63) is 34.4 Å². The summed E-state index contributed by atoms with van der Waals surface area (Å²) >= 11 is 0. The molecule has 0 aromatic heterocycles. The van der Waals surface area contributed by atoms with Gasteiger partial charge in [0.15, 0.2) is 0 Å². The van der Waals surface area contributed by atoms with E-state index in [0.717, 1.165) is 4.90 Å². The molecule has 1 aliphatic rings. The molecule has 2 rings (SSSR count). The van der Waals surface area contributed by atoms with Crippen LogP contribution in [0.25, 0.3) is 0 Å². The van der Waals surface area contributed by atoms with E-state index in [1.54, 1.807) is 25.1 Å². The molecule has 9 heteroatoms. The van der Waals surface area contributed by atoms with Crippen molar-refractivity contribution in [1.29, 1.82) is 0 Å². The molecule has 1 atom stereocenters. The van der Waals surface area contributed by atoms with Crippen LogP contribution in [0.1, 0.15) is 19.8 Å². The Balaban J connectivity index is 2.05. The lowest BCUT2D eigenvalue weighted by Gasteiger charge is -2.42. The number of nitrogens with one attached hydrogen (secondary N) is 1. The number of nitrogens with zero attached hydrogens (tertiary/aromatic N) is 2. The second-order valence-electron chi connectivity index (χ2n) is 5.91. The Hall–Kier alpha value is -1.87. The highest BCUT2D eigenvalue weighted by Crippen LogP contribution is 2.33. The number of aliphatic hydroxyl groups excluding tert-OH is 1. The Kier molecular flexibility index (Phi) is 4.81. The largest absolute Gasteiger partial charge is 0.428 e. The van der Waals surface area contributed by atoms with E-state index in [1.165, 1.54) is 6.07 Å². The van der Waals surface area contributed by atoms with Gasteiger partial charge in [0, 0.05) is 24.7 Å². The summed E-state index contributed by atoms with van der Waals surface area (Å²) in [5, 5.41) is 23.4. The van der Waals surface area contributed by atoms with E-state index in [4.69, 9.17) is 0 Å². The number of alkyl halides is 3. The third-order valence-electron chi connectivity index (χ3n) is 4.08. The van der Waals surface area contributed by atoms with Gasteiger partial charge in [-0.2, -0.15) is 13.2 Å². The van der Waals surface area contributed by atoms with Gasteiger partial charge in [-0.3, -0.25) is 15.0 Å². The van der Waals surface area contributed by atoms with Gasteiger partial charge >= 0.3 is 6.18 Å². The zero-order valence-electron chi connectivity index (χ0n) is 12.5. The van der Waals surface area contributed by atoms with E-state index in [1.807, 2.05) is 0 Å². The minimum absolute atomic E-state index is 0.0464. The molecule has 0 spiro atoms. The molecule has 128 valence electrons. The Morgan fingerprint density at radius 1 is 1.35 bits per heavy atom. The molecule has 0 amide bonds. The third kappa shape index (κ3) is 4.11. The van der Waals surface area contributed by atoms with E-state index >= 15 is 0 Å². The second-order valence-corrected chi connectivity index (χ2v) is 5.91. The molecule has 1 aromatic carbocycles. The van der Waals surface area contributed by atoms with Gasteiger partial charge in [0.25, 0.3) is 5.69 Å². The summed E-state index contributed by atoms with van der Waals surface area (Å²) in [7, 11) is 0. The summed E-state index contributed by atoms with van der Waals surface area (Å²) < 4.78 is 37.6. The first-order valence-corrected chi connectivity index (χ1v) is 7.13. The van der Waals surface area contributed by atoms with Crippen LogP contribution in [0, 0.1) is 10.1 Å². The van der Waals surface area contributed by atoms with Crippen molar-refractivity contribution in [1.82, 2.24) is 4.90 Å². The first kappa shape index (κ1) is 17.5. The van der Waals surface area contributed by atoms with E-state index in [0.29, 0.717) is 18.5 Å². The summed E-state index contributed by atoms with van der Waals surface area (Å²) in [5.74, 6) is 0. The molecule has 1 saturated heterocycles. The molecule has 0 radical (unpaired) electrons. The van der Waals surface area contributed by atoms with Crippen molar-refractivity contribution in [3.8, 4) is 0 Å². The summed E-state index contributed by atoms with van der Waals surface area (Å²) in [5.41, 5.74) is -0.315. The van der Waals surface area contributed by atoms with Crippen molar-refractivity contribution in [2.75, 3.05) is 18.4 Å². The van der Waals surface area contributed by atoms with Crippen LogP contribution < -0.4 is 5.32 Å². The minimum Gasteiger partial charge on any atom is -0.374 e. The van der Waals surface area contributed by atoms with Crippen LogP contribution in [0.5, 0.6) is 0 Å². The van der Waals surface area contributed by atoms with Gasteiger partial charge in [-0.1, -0.05) is 12.1 Å². The van der Waals surface area contributed by atoms with Gasteiger partial charge in [0.2, 0.25) is 6.23 Å². The normalized spacial score (nSPS) is 20.0. The fourth-order valence-electron chi connectivity index (χ4n) is 2.66. The van der Waals surface area contributed by atoms with Gasteiger partial charge in [0.1, 0.15) is 5.69 Å².